The van der Waals surface area contributed by atoms with Crippen LogP contribution in [0.4, 0.5) is 0 Å². The average molecular weight is 424 g/mol. The summed E-state index contributed by atoms with van der Waals surface area (Å²) in [6, 6.07) is 14.9. The largest absolute Gasteiger partial charge is 0.337 e. The Morgan fingerprint density at radius 1 is 0.710 bits per heavy atom. The molecule has 0 fully saturated rings. The number of ketones is 2. The van der Waals surface area contributed by atoms with Gasteiger partial charge in [0.25, 0.3) is 0 Å². The van der Waals surface area contributed by atoms with Crippen molar-refractivity contribution in [1.29, 1.82) is 0 Å². The predicted molar refractivity (Wildman–Crippen MR) is 118 cm³/mol. The summed E-state index contributed by atoms with van der Waals surface area (Å²) in [6.07, 6.45) is 0. The Kier molecular flexibility index (Phi) is 8.30. The zero-order chi connectivity index (χ0) is 23.0. The fraction of sp³-hybridized carbons (Fsp3) is 0.280. The molecular formula is C25H28O6. The van der Waals surface area contributed by atoms with Gasteiger partial charge in [-0.3, -0.25) is 9.59 Å². The Bertz CT molecular complexity index is 861. The van der Waals surface area contributed by atoms with Gasteiger partial charge in [0.2, 0.25) is 0 Å². The molecule has 0 atom stereocenters. The molecule has 0 spiro atoms. The molecule has 0 aliphatic heterocycles. The first-order chi connectivity index (χ1) is 14.6. The van der Waals surface area contributed by atoms with E-state index in [0.29, 0.717) is 22.6 Å². The van der Waals surface area contributed by atoms with E-state index < -0.39 is 0 Å². The minimum Gasteiger partial charge on any atom is -0.337 e. The minimum atomic E-state index is -0.287. The lowest BCUT2D eigenvalue weighted by molar-refractivity contribution is -0.204. The highest BCUT2D eigenvalue weighted by molar-refractivity contribution is 5.95. The van der Waals surface area contributed by atoms with E-state index >= 15 is 0 Å². The molecule has 6 heteroatoms. The monoisotopic (exact) mass is 424 g/mol. The highest BCUT2D eigenvalue weighted by Gasteiger charge is 2.23. The van der Waals surface area contributed by atoms with Crippen LogP contribution >= 0.6 is 0 Å². The maximum absolute atomic E-state index is 11.5. The van der Waals surface area contributed by atoms with Gasteiger partial charge in [0.1, 0.15) is 0 Å². The van der Waals surface area contributed by atoms with Gasteiger partial charge in [-0.2, -0.15) is 9.78 Å². The summed E-state index contributed by atoms with van der Waals surface area (Å²) in [7, 11) is 0. The molecule has 0 heterocycles. The fourth-order valence-electron chi connectivity index (χ4n) is 2.57. The van der Waals surface area contributed by atoms with Crippen LogP contribution in [-0.2, 0) is 24.8 Å². The molecule has 0 aromatic heterocycles. The van der Waals surface area contributed by atoms with Crippen LogP contribution in [-0.4, -0.2) is 24.8 Å². The molecule has 0 aliphatic carbocycles. The van der Waals surface area contributed by atoms with E-state index in [1.54, 1.807) is 38.1 Å². The molecule has 0 amide bonds. The number of hydrogen-bond acceptors (Lipinski definition) is 6. The Morgan fingerprint density at radius 3 is 1.32 bits per heavy atom. The third-order valence-electron chi connectivity index (χ3n) is 4.79. The summed E-state index contributed by atoms with van der Waals surface area (Å²) >= 11 is 0. The van der Waals surface area contributed by atoms with E-state index in [1.165, 1.54) is 0 Å². The number of carbonyl (C=O) groups is 2. The normalized spacial score (nSPS) is 11.0. The molecular weight excluding hydrogens is 396 g/mol. The topological polar surface area (TPSA) is 71.1 Å². The molecule has 0 saturated carbocycles. The SMILES string of the molecule is C=C(C)C(=O)COOc1ccc(C(C)(C)c2ccc(OOCC(=O)C(=C)C)cc2)cc1. The van der Waals surface area contributed by atoms with Crippen molar-refractivity contribution in [1.82, 2.24) is 0 Å². The molecule has 2 aromatic carbocycles. The number of carbonyl (C=O) groups excluding carboxylic acids is 2. The van der Waals surface area contributed by atoms with Crippen LogP contribution in [0.3, 0.4) is 0 Å². The summed E-state index contributed by atoms with van der Waals surface area (Å²) < 4.78 is 0. The lowest BCUT2D eigenvalue weighted by Gasteiger charge is -2.26. The van der Waals surface area contributed by atoms with Crippen LogP contribution in [0.5, 0.6) is 11.5 Å². The van der Waals surface area contributed by atoms with Gasteiger partial charge in [-0.1, -0.05) is 51.3 Å². The van der Waals surface area contributed by atoms with Crippen molar-refractivity contribution in [3.63, 3.8) is 0 Å². The van der Waals surface area contributed by atoms with Gasteiger partial charge in [0, 0.05) is 5.41 Å². The van der Waals surface area contributed by atoms with E-state index in [2.05, 4.69) is 27.0 Å². The third kappa shape index (κ3) is 6.91. The number of Topliss-reactive ketones (excluding diaryl/α,β-unsaturated/α-hetero) is 2. The van der Waals surface area contributed by atoms with Crippen molar-refractivity contribution in [3.05, 3.63) is 84.0 Å². The zero-order valence-corrected chi connectivity index (χ0v) is 18.4. The second kappa shape index (κ2) is 10.7. The zero-order valence-electron chi connectivity index (χ0n) is 18.4. The van der Waals surface area contributed by atoms with E-state index in [0.717, 1.165) is 11.1 Å². The Morgan fingerprint density at radius 2 is 1.03 bits per heavy atom. The van der Waals surface area contributed by atoms with Crippen molar-refractivity contribution in [2.75, 3.05) is 13.2 Å². The van der Waals surface area contributed by atoms with Crippen molar-refractivity contribution in [2.45, 2.75) is 33.1 Å². The summed E-state index contributed by atoms with van der Waals surface area (Å²) in [5, 5.41) is 0. The highest BCUT2D eigenvalue weighted by Crippen LogP contribution is 2.33. The molecule has 2 rings (SSSR count). The standard InChI is InChI=1S/C25H28O6/c1-17(2)23(26)15-28-30-21-11-7-19(8-12-21)25(5,6)20-9-13-22(14-10-20)31-29-16-24(27)18(3)4/h7-14H,1,3,15-16H2,2,4-6H3. The lowest BCUT2D eigenvalue weighted by Crippen LogP contribution is -2.19. The molecule has 0 saturated heterocycles. The van der Waals surface area contributed by atoms with Gasteiger partial charge >= 0.3 is 0 Å². The summed E-state index contributed by atoms with van der Waals surface area (Å²) in [4.78, 5) is 43.2. The van der Waals surface area contributed by atoms with Crippen LogP contribution in [0.25, 0.3) is 0 Å². The number of rotatable bonds is 12. The molecule has 6 nitrogen and oxygen atoms in total. The number of benzene rings is 2. The van der Waals surface area contributed by atoms with Crippen molar-refractivity contribution >= 4 is 11.6 Å². The molecule has 0 N–H and O–H groups in total. The predicted octanol–water partition coefficient (Wildman–Crippen LogP) is 4.92. The molecule has 0 radical (unpaired) electrons. The van der Waals surface area contributed by atoms with E-state index in [9.17, 15) is 9.59 Å². The fourth-order valence-corrected chi connectivity index (χ4v) is 2.57. The van der Waals surface area contributed by atoms with Crippen molar-refractivity contribution < 1.29 is 29.1 Å². The van der Waals surface area contributed by atoms with Crippen molar-refractivity contribution in [2.24, 2.45) is 0 Å². The summed E-state index contributed by atoms with van der Waals surface area (Å²) in [6.45, 7) is 14.2. The molecule has 164 valence electrons. The number of hydrogen-bond donors (Lipinski definition) is 0. The van der Waals surface area contributed by atoms with Gasteiger partial charge in [-0.15, -0.1) is 0 Å². The van der Waals surface area contributed by atoms with E-state index in [4.69, 9.17) is 19.6 Å². The second-order valence-electron chi connectivity index (χ2n) is 7.77. The van der Waals surface area contributed by atoms with Gasteiger partial charge in [0.15, 0.2) is 36.3 Å². The molecule has 2 aromatic rings. The van der Waals surface area contributed by atoms with Crippen LogP contribution in [0.15, 0.2) is 72.8 Å². The minimum absolute atomic E-state index is 0.179. The van der Waals surface area contributed by atoms with Gasteiger partial charge in [0.05, 0.1) is 0 Å². The lowest BCUT2D eigenvalue weighted by atomic mass is 9.78. The maximum Gasteiger partial charge on any atom is 0.187 e. The van der Waals surface area contributed by atoms with Crippen LogP contribution in [0, 0.1) is 0 Å². The first kappa shape index (κ1) is 24.1. The average Bonchev–Trinajstić information content (AvgIpc) is 2.74. The first-order valence-electron chi connectivity index (χ1n) is 9.78. The molecule has 0 aliphatic rings. The van der Waals surface area contributed by atoms with Crippen LogP contribution in [0.1, 0.15) is 38.8 Å². The van der Waals surface area contributed by atoms with Gasteiger partial charge in [-0.25, -0.2) is 0 Å². The quantitative estimate of drug-likeness (QED) is 0.274. The molecule has 0 unspecified atom stereocenters. The third-order valence-corrected chi connectivity index (χ3v) is 4.79. The van der Waals surface area contributed by atoms with E-state index in [1.807, 2.05) is 24.3 Å². The first-order valence-corrected chi connectivity index (χ1v) is 9.78. The van der Waals surface area contributed by atoms with Crippen molar-refractivity contribution in [3.8, 4) is 11.5 Å². The Hall–Kier alpha value is -3.22. The van der Waals surface area contributed by atoms with Gasteiger partial charge < -0.3 is 9.78 Å². The summed E-state index contributed by atoms with van der Waals surface area (Å²) in [5.74, 6) is 0.578. The molecule has 0 bridgehead atoms. The molecule has 31 heavy (non-hydrogen) atoms. The summed E-state index contributed by atoms with van der Waals surface area (Å²) in [5.41, 5.74) is 2.68. The smallest absolute Gasteiger partial charge is 0.187 e. The van der Waals surface area contributed by atoms with Gasteiger partial charge in [-0.05, 0) is 60.4 Å². The highest BCUT2D eigenvalue weighted by atomic mass is 17.2. The van der Waals surface area contributed by atoms with Crippen LogP contribution < -0.4 is 9.78 Å². The second-order valence-corrected chi connectivity index (χ2v) is 7.77. The van der Waals surface area contributed by atoms with E-state index in [-0.39, 0.29) is 30.2 Å². The van der Waals surface area contributed by atoms with Crippen LogP contribution in [0.2, 0.25) is 0 Å². The Balaban J connectivity index is 1.96. The maximum atomic E-state index is 11.5. The Labute approximate surface area is 182 Å².